The summed E-state index contributed by atoms with van der Waals surface area (Å²) < 4.78 is 5.73. The number of para-hydroxylation sites is 1. The van der Waals surface area contributed by atoms with Crippen molar-refractivity contribution in [2.75, 3.05) is 45.1 Å². The number of nitrogens with zero attached hydrogens (tertiary/aromatic N) is 3. The molecule has 7 heteroatoms. The van der Waals surface area contributed by atoms with E-state index in [4.69, 9.17) is 10.5 Å². The van der Waals surface area contributed by atoms with Gasteiger partial charge in [-0.1, -0.05) is 18.2 Å². The number of hydrogen-bond donors (Lipinski definition) is 1. The number of ether oxygens (including phenoxy) is 1. The van der Waals surface area contributed by atoms with E-state index in [1.54, 1.807) is 0 Å². The van der Waals surface area contributed by atoms with Crippen LogP contribution < -0.4 is 10.5 Å². The van der Waals surface area contributed by atoms with Gasteiger partial charge in [-0.3, -0.25) is 9.69 Å². The average molecular weight is 360 g/mol. The zero-order valence-corrected chi connectivity index (χ0v) is 15.1. The van der Waals surface area contributed by atoms with Gasteiger partial charge in [-0.05, 0) is 18.6 Å². The fraction of sp³-hybridized carbons (Fsp3) is 0.444. The lowest BCUT2D eigenvalue weighted by Gasteiger charge is -2.34. The fourth-order valence-electron chi connectivity index (χ4n) is 2.86. The molecule has 1 aliphatic rings. The van der Waals surface area contributed by atoms with Crippen molar-refractivity contribution < 1.29 is 9.53 Å². The predicted molar refractivity (Wildman–Crippen MR) is 99.8 cm³/mol. The van der Waals surface area contributed by atoms with Crippen molar-refractivity contribution in [3.05, 3.63) is 41.4 Å². The highest BCUT2D eigenvalue weighted by Crippen LogP contribution is 2.14. The molecule has 1 aromatic heterocycles. The quantitative estimate of drug-likeness (QED) is 0.816. The molecule has 25 heavy (non-hydrogen) atoms. The maximum atomic E-state index is 12.3. The minimum absolute atomic E-state index is 0.201. The molecule has 0 bridgehead atoms. The third kappa shape index (κ3) is 5.44. The molecule has 1 fully saturated rings. The largest absolute Gasteiger partial charge is 0.492 e. The van der Waals surface area contributed by atoms with E-state index in [-0.39, 0.29) is 5.91 Å². The SMILES string of the molecule is Nc1nc(CCC(=O)N2CCN(CCOc3ccccc3)CC2)cs1. The maximum absolute atomic E-state index is 12.3. The summed E-state index contributed by atoms with van der Waals surface area (Å²) in [7, 11) is 0. The standard InChI is InChI=1S/C18H24N4O2S/c19-18-20-15(14-25-18)6-7-17(23)22-10-8-21(9-11-22)12-13-24-16-4-2-1-3-5-16/h1-5,14H,6-13H2,(H2,19,20). The van der Waals surface area contributed by atoms with Gasteiger partial charge in [-0.2, -0.15) is 0 Å². The van der Waals surface area contributed by atoms with Crippen molar-refractivity contribution in [1.82, 2.24) is 14.8 Å². The predicted octanol–water partition coefficient (Wildman–Crippen LogP) is 1.88. The number of aryl methyl sites for hydroxylation is 1. The van der Waals surface area contributed by atoms with Crippen LogP contribution in [0.3, 0.4) is 0 Å². The number of nitrogen functional groups attached to an aromatic ring is 1. The molecular formula is C18H24N4O2S. The first-order valence-corrected chi connectivity index (χ1v) is 9.46. The Bertz CT molecular complexity index is 669. The molecular weight excluding hydrogens is 336 g/mol. The average Bonchev–Trinajstić information content (AvgIpc) is 3.06. The molecule has 0 spiro atoms. The molecule has 1 aromatic carbocycles. The van der Waals surface area contributed by atoms with Gasteiger partial charge in [0.15, 0.2) is 5.13 Å². The molecule has 0 radical (unpaired) electrons. The zero-order valence-electron chi connectivity index (χ0n) is 14.3. The van der Waals surface area contributed by atoms with E-state index < -0.39 is 0 Å². The van der Waals surface area contributed by atoms with Gasteiger partial charge in [0.2, 0.25) is 5.91 Å². The van der Waals surface area contributed by atoms with Crippen molar-refractivity contribution in [2.45, 2.75) is 12.8 Å². The Morgan fingerprint density at radius 1 is 1.20 bits per heavy atom. The highest BCUT2D eigenvalue weighted by Gasteiger charge is 2.20. The number of carbonyl (C=O) groups excluding carboxylic acids is 1. The van der Waals surface area contributed by atoms with Crippen molar-refractivity contribution in [3.63, 3.8) is 0 Å². The molecule has 2 aromatic rings. The topological polar surface area (TPSA) is 71.7 Å². The number of carbonyl (C=O) groups is 1. The summed E-state index contributed by atoms with van der Waals surface area (Å²) >= 11 is 1.42. The van der Waals surface area contributed by atoms with Crippen LogP contribution in [0.25, 0.3) is 0 Å². The molecule has 2 heterocycles. The van der Waals surface area contributed by atoms with Crippen LogP contribution in [0.4, 0.5) is 5.13 Å². The van der Waals surface area contributed by atoms with E-state index in [9.17, 15) is 4.79 Å². The van der Waals surface area contributed by atoms with Gasteiger partial charge >= 0.3 is 0 Å². The van der Waals surface area contributed by atoms with Gasteiger partial charge in [0, 0.05) is 44.5 Å². The summed E-state index contributed by atoms with van der Waals surface area (Å²) in [5.74, 6) is 1.10. The summed E-state index contributed by atoms with van der Waals surface area (Å²) in [4.78, 5) is 20.8. The number of anilines is 1. The Balaban J connectivity index is 1.33. The number of rotatable bonds is 7. The summed E-state index contributed by atoms with van der Waals surface area (Å²) in [6.07, 6.45) is 1.16. The van der Waals surface area contributed by atoms with Crippen molar-refractivity contribution >= 4 is 22.4 Å². The highest BCUT2D eigenvalue weighted by molar-refractivity contribution is 7.13. The number of benzene rings is 1. The molecule has 6 nitrogen and oxygen atoms in total. The Morgan fingerprint density at radius 2 is 1.96 bits per heavy atom. The number of hydrogen-bond acceptors (Lipinski definition) is 6. The summed E-state index contributed by atoms with van der Waals surface area (Å²) in [6, 6.07) is 9.85. The Hall–Kier alpha value is -2.12. The Labute approximate surface area is 152 Å². The van der Waals surface area contributed by atoms with Crippen LogP contribution in [0.2, 0.25) is 0 Å². The molecule has 134 valence electrons. The Morgan fingerprint density at radius 3 is 2.64 bits per heavy atom. The van der Waals surface area contributed by atoms with E-state index in [0.29, 0.717) is 24.6 Å². The third-order valence-electron chi connectivity index (χ3n) is 4.31. The molecule has 1 saturated heterocycles. The third-order valence-corrected chi connectivity index (χ3v) is 5.03. The molecule has 1 aliphatic heterocycles. The van der Waals surface area contributed by atoms with E-state index in [1.165, 1.54) is 11.3 Å². The Kier molecular flexibility index (Phi) is 6.25. The van der Waals surface area contributed by atoms with Gasteiger partial charge in [0.25, 0.3) is 0 Å². The van der Waals surface area contributed by atoms with Gasteiger partial charge in [0.1, 0.15) is 12.4 Å². The van der Waals surface area contributed by atoms with Crippen LogP contribution >= 0.6 is 11.3 Å². The zero-order chi connectivity index (χ0) is 17.5. The van der Waals surface area contributed by atoms with Crippen LogP contribution in [0.1, 0.15) is 12.1 Å². The first kappa shape index (κ1) is 17.7. The number of amides is 1. The van der Waals surface area contributed by atoms with Gasteiger partial charge < -0.3 is 15.4 Å². The second-order valence-corrected chi connectivity index (χ2v) is 6.95. The van der Waals surface area contributed by atoms with Crippen LogP contribution in [-0.4, -0.2) is 60.0 Å². The van der Waals surface area contributed by atoms with E-state index >= 15 is 0 Å². The second-order valence-electron chi connectivity index (χ2n) is 6.06. The van der Waals surface area contributed by atoms with E-state index in [0.717, 1.165) is 44.2 Å². The molecule has 0 unspecified atom stereocenters. The van der Waals surface area contributed by atoms with Crippen LogP contribution in [0.5, 0.6) is 5.75 Å². The number of nitrogens with two attached hydrogens (primary N) is 1. The minimum atomic E-state index is 0.201. The van der Waals surface area contributed by atoms with Crippen LogP contribution in [-0.2, 0) is 11.2 Å². The maximum Gasteiger partial charge on any atom is 0.223 e. The monoisotopic (exact) mass is 360 g/mol. The number of aromatic nitrogens is 1. The molecule has 0 saturated carbocycles. The smallest absolute Gasteiger partial charge is 0.223 e. The van der Waals surface area contributed by atoms with Gasteiger partial charge in [0.05, 0.1) is 5.69 Å². The first-order valence-electron chi connectivity index (χ1n) is 8.58. The van der Waals surface area contributed by atoms with Crippen LogP contribution in [0.15, 0.2) is 35.7 Å². The summed E-state index contributed by atoms with van der Waals surface area (Å²) in [5, 5.41) is 2.49. The fourth-order valence-corrected chi connectivity index (χ4v) is 3.46. The molecule has 2 N–H and O–H groups in total. The number of thiazole rings is 1. The van der Waals surface area contributed by atoms with Crippen molar-refractivity contribution in [2.24, 2.45) is 0 Å². The lowest BCUT2D eigenvalue weighted by atomic mass is 10.2. The van der Waals surface area contributed by atoms with Crippen molar-refractivity contribution in [3.8, 4) is 5.75 Å². The number of piperazine rings is 1. The molecule has 0 aliphatic carbocycles. The van der Waals surface area contributed by atoms with Crippen molar-refractivity contribution in [1.29, 1.82) is 0 Å². The first-order chi connectivity index (χ1) is 12.2. The molecule has 1 amide bonds. The molecule has 0 atom stereocenters. The van der Waals surface area contributed by atoms with Crippen LogP contribution in [0, 0.1) is 0 Å². The second kappa shape index (κ2) is 8.82. The summed E-state index contributed by atoms with van der Waals surface area (Å²) in [6.45, 7) is 4.91. The van der Waals surface area contributed by atoms with Gasteiger partial charge in [-0.15, -0.1) is 11.3 Å². The van der Waals surface area contributed by atoms with E-state index in [2.05, 4.69) is 9.88 Å². The lowest BCUT2D eigenvalue weighted by molar-refractivity contribution is -0.132. The normalized spacial score (nSPS) is 15.3. The van der Waals surface area contributed by atoms with Gasteiger partial charge in [-0.25, -0.2) is 4.98 Å². The minimum Gasteiger partial charge on any atom is -0.492 e. The van der Waals surface area contributed by atoms with E-state index in [1.807, 2.05) is 40.6 Å². The lowest BCUT2D eigenvalue weighted by Crippen LogP contribution is -2.49. The summed E-state index contributed by atoms with van der Waals surface area (Å²) in [5.41, 5.74) is 6.53. The molecule has 3 rings (SSSR count). The highest BCUT2D eigenvalue weighted by atomic mass is 32.1.